The Bertz CT molecular complexity index is 3360. The molecule has 0 bridgehead atoms. The van der Waals surface area contributed by atoms with Crippen LogP contribution in [0.4, 0.5) is 0 Å². The van der Waals surface area contributed by atoms with Gasteiger partial charge in [0, 0.05) is 375 Å². The fraction of sp³-hybridized carbons (Fsp3) is 0.600. The summed E-state index contributed by atoms with van der Waals surface area (Å²) < 4.78 is 32.0. The van der Waals surface area contributed by atoms with Crippen LogP contribution in [0.1, 0.15) is 25.7 Å². The monoisotopic (exact) mass is 1670 g/mol. The molecule has 2 aromatic rings. The highest BCUT2D eigenvalue weighted by Gasteiger charge is 2.17. The average molecular weight is 1670 g/mol. The van der Waals surface area contributed by atoms with Gasteiger partial charge >= 0.3 is 0 Å². The maximum atomic E-state index is 11.6. The molecular weight excluding hydrogens is 1650 g/mol. The first kappa shape index (κ1) is 71.7. The van der Waals surface area contributed by atoms with Crippen LogP contribution in [-0.2, 0) is 390 Å². The smallest absolute Gasteiger partial charge is 0.206 e. The lowest BCUT2D eigenvalue weighted by molar-refractivity contribution is 0.336. The number of aromatic nitrogens is 4. The number of hydrogen-bond donors (Lipinski definition) is 0. The van der Waals surface area contributed by atoms with Crippen molar-refractivity contribution in [2.24, 2.45) is 0 Å². The summed E-state index contributed by atoms with van der Waals surface area (Å²) in [6.45, 7) is 3.93. The number of alkyl halides is 1. The highest BCUT2D eigenvalue weighted by Crippen LogP contribution is 2.45. The van der Waals surface area contributed by atoms with E-state index in [4.69, 9.17) is 38.5 Å². The molecule has 360 valence electrons. The van der Waals surface area contributed by atoms with Crippen molar-refractivity contribution >= 4 is 411 Å². The van der Waals surface area contributed by atoms with E-state index >= 15 is 0 Å². The SMILES string of the molecule is C.CCOP(C)(=O)Cc1cnsn1.ClCc1cnsn1.S=S=S=S=S=S=S=S=S=S=S=S=S=S=S=S=S=S=S=S=S=S=S=S=S=S=S=S=S=S=S=S=S=S=S=S=S=S=S=S=S. The Labute approximate surface area is 489 Å². The van der Waals surface area contributed by atoms with Crippen molar-refractivity contribution in [3.63, 3.8) is 0 Å². The largest absolute Gasteiger partial charge is 0.329 e. The third-order valence-corrected chi connectivity index (χ3v) is 90.3. The van der Waals surface area contributed by atoms with Gasteiger partial charge in [0.05, 0.1) is 65.9 Å². The molecule has 0 aromatic carbocycles. The summed E-state index contributed by atoms with van der Waals surface area (Å²) >= 11 is 17.3. The first-order valence-corrected chi connectivity index (χ1v) is 69.6. The van der Waals surface area contributed by atoms with Crippen LogP contribution in [0.15, 0.2) is 12.4 Å². The Morgan fingerprint density at radius 3 is 0.885 bits per heavy atom. The van der Waals surface area contributed by atoms with Gasteiger partial charge in [0.2, 0.25) is 7.37 Å². The summed E-state index contributed by atoms with van der Waals surface area (Å²) in [7, 11) is 66.7. The first-order valence-electron chi connectivity index (χ1n) is 12.0. The Hall–Kier alpha value is 8.62. The van der Waals surface area contributed by atoms with Crippen molar-refractivity contribution in [2.75, 3.05) is 13.3 Å². The van der Waals surface area contributed by atoms with Crippen LogP contribution in [0, 0.1) is 0 Å². The fourth-order valence-electron chi connectivity index (χ4n) is 1.53. The molecule has 0 radical (unpaired) electrons. The number of nitrogens with zero attached hydrogens (tertiary/aromatic N) is 4. The molecule has 0 amide bonds. The normalized spacial score (nSPS) is 9.36. The lowest BCUT2D eigenvalue weighted by Crippen LogP contribution is -1.92. The van der Waals surface area contributed by atoms with Gasteiger partial charge in [0.15, 0.2) is 0 Å². The average Bonchev–Trinajstić information content (AvgIpc) is 3.97. The maximum absolute atomic E-state index is 11.6. The molecule has 0 N–H and O–H groups in total. The molecule has 6 nitrogen and oxygen atoms in total. The first-order chi connectivity index (χ1) is 29.5. The third kappa shape index (κ3) is 59.4. The number of halogens is 1. The quantitative estimate of drug-likeness (QED) is 0.331. The van der Waals surface area contributed by atoms with E-state index in [1.165, 1.54) is 29.5 Å². The van der Waals surface area contributed by atoms with Crippen molar-refractivity contribution in [1.29, 1.82) is 0 Å². The van der Waals surface area contributed by atoms with Crippen LogP contribution in [0.5, 0.6) is 0 Å². The molecule has 0 saturated heterocycles. The summed E-state index contributed by atoms with van der Waals surface area (Å²) in [6, 6.07) is 0. The van der Waals surface area contributed by atoms with Crippen molar-refractivity contribution < 1.29 is 9.09 Å². The van der Waals surface area contributed by atoms with Crippen molar-refractivity contribution in [1.82, 2.24) is 17.5 Å². The van der Waals surface area contributed by atoms with E-state index in [1.807, 2.05) is 229 Å². The van der Waals surface area contributed by atoms with Gasteiger partial charge in [-0.1, -0.05) is 7.43 Å². The summed E-state index contributed by atoms with van der Waals surface area (Å²) in [5.41, 5.74) is 1.60. The van der Waals surface area contributed by atoms with E-state index in [9.17, 15) is 4.57 Å². The summed E-state index contributed by atoms with van der Waals surface area (Å²) in [6.07, 6.45) is 3.68. The molecule has 0 aliphatic carbocycles. The highest BCUT2D eigenvalue weighted by atomic mass is 35.5. The van der Waals surface area contributed by atoms with Gasteiger partial charge in [0.1, 0.15) is 0 Å². The van der Waals surface area contributed by atoms with Gasteiger partial charge in [-0.3, -0.25) is 4.57 Å². The molecule has 1 atom stereocenters. The topological polar surface area (TPSA) is 77.9 Å². The van der Waals surface area contributed by atoms with Gasteiger partial charge in [0.25, 0.3) is 0 Å². The Morgan fingerprint density at radius 1 is 0.492 bits per heavy atom. The van der Waals surface area contributed by atoms with Crippen LogP contribution in [0.2, 0.25) is 0 Å². The van der Waals surface area contributed by atoms with Crippen LogP contribution >= 0.6 is 42.4 Å². The molecule has 2 rings (SSSR count). The van der Waals surface area contributed by atoms with Gasteiger partial charge < -0.3 is 4.52 Å². The molecule has 0 saturated carbocycles. The van der Waals surface area contributed by atoms with Gasteiger partial charge in [-0.05, 0) is 6.92 Å². The minimum absolute atomic E-state index is 0. The molecule has 61 heavy (non-hydrogen) atoms. The molecule has 1 unspecified atom stereocenters. The summed E-state index contributed by atoms with van der Waals surface area (Å²) in [5, 5.41) is 0. The van der Waals surface area contributed by atoms with E-state index in [1.54, 1.807) is 126 Å². The predicted molar refractivity (Wildman–Crippen MR) is 387 cm³/mol. The van der Waals surface area contributed by atoms with Crippen LogP contribution in [0.25, 0.3) is 0 Å². The fourth-order valence-corrected chi connectivity index (χ4v) is 106. The maximum Gasteiger partial charge on any atom is 0.206 e. The molecular formula is C10H18ClN4O2PS43. The van der Waals surface area contributed by atoms with Gasteiger partial charge in [-0.15, -0.1) is 11.6 Å². The zero-order valence-corrected chi connectivity index (χ0v) is 64.0. The van der Waals surface area contributed by atoms with E-state index in [2.05, 4.69) is 17.5 Å². The highest BCUT2D eigenvalue weighted by molar-refractivity contribution is 8.81. The zero-order valence-electron chi connectivity index (χ0n) is 27.3. The Morgan fingerprint density at radius 2 is 0.721 bits per heavy atom. The van der Waals surface area contributed by atoms with Crippen molar-refractivity contribution in [3.05, 3.63) is 23.8 Å². The van der Waals surface area contributed by atoms with E-state index < -0.39 is 7.37 Å². The predicted octanol–water partition coefficient (Wildman–Crippen LogP) is 3.80. The zero-order chi connectivity index (χ0) is 43.7. The molecule has 0 aliphatic heterocycles. The number of rotatable bonds is 5. The van der Waals surface area contributed by atoms with Crippen molar-refractivity contribution in [2.45, 2.75) is 26.4 Å². The Kier molecular flexibility index (Phi) is 71.9. The molecule has 0 aliphatic rings. The van der Waals surface area contributed by atoms with Gasteiger partial charge in [-0.25, -0.2) is 0 Å². The van der Waals surface area contributed by atoms with Crippen molar-refractivity contribution in [3.8, 4) is 0 Å². The van der Waals surface area contributed by atoms with Crippen LogP contribution in [-0.4, -0.2) is 30.8 Å². The lowest BCUT2D eigenvalue weighted by Gasteiger charge is -2.09. The molecule has 0 fully saturated rings. The second-order valence-electron chi connectivity index (χ2n) is 6.17. The molecule has 2 aromatic heterocycles. The third-order valence-electron chi connectivity index (χ3n) is 2.86. The summed E-state index contributed by atoms with van der Waals surface area (Å²) in [4.78, 5) is 0. The summed E-state index contributed by atoms with van der Waals surface area (Å²) in [5.74, 6) is 0.469. The minimum atomic E-state index is -2.48. The minimum Gasteiger partial charge on any atom is -0.329 e. The molecule has 2 heterocycles. The lowest BCUT2D eigenvalue weighted by atomic mass is 10.6. The van der Waals surface area contributed by atoms with Crippen LogP contribution < -0.4 is 0 Å². The Balaban J connectivity index is 0. The van der Waals surface area contributed by atoms with E-state index in [0.717, 1.165) is 23.1 Å². The second-order valence-corrected chi connectivity index (χ2v) is 79.2. The van der Waals surface area contributed by atoms with E-state index in [0.29, 0.717) is 18.6 Å². The van der Waals surface area contributed by atoms with Crippen LogP contribution in [0.3, 0.4) is 0 Å². The van der Waals surface area contributed by atoms with Gasteiger partial charge in [-0.2, -0.15) is 17.5 Å². The van der Waals surface area contributed by atoms with E-state index in [-0.39, 0.29) is 7.43 Å². The number of hydrogen-bond acceptors (Lipinski definition) is 10. The molecule has 51 heteroatoms. The molecule has 0 spiro atoms. The standard InChI is InChI=1S/C6H11N2O2PS.C3H3ClN2S.CH4.S41/c1-3-10-11(2,9)5-6-4-7-12-8-6;4-1-3-2-5-7-6-3;;1-3-5-7-9-11-13-15-17-19-21-23-25-27-29-31-33-35-37-39-41-40-38-36-34-32-30-28-26-24-22-20-18-16-14-12-10-8-6-4-2/h4H,3,5H2,1-2H3;2H,1H2;1H4;. The second kappa shape index (κ2) is 61.2.